The van der Waals surface area contributed by atoms with Crippen molar-refractivity contribution in [1.29, 1.82) is 0 Å². The third-order valence-corrected chi connectivity index (χ3v) is 17.1. The fraction of sp³-hybridized carbons (Fsp3) is 0.238. The molecule has 63 heavy (non-hydrogen) atoms. The summed E-state index contributed by atoms with van der Waals surface area (Å²) in [7, 11) is -10.5. The van der Waals surface area contributed by atoms with Crippen LogP contribution in [-0.2, 0) is 42.8 Å². The molecular weight excluding hydrogens is 943 g/mol. The fourth-order valence-electron chi connectivity index (χ4n) is 5.99. The zero-order valence-corrected chi connectivity index (χ0v) is 39.1. The van der Waals surface area contributed by atoms with Gasteiger partial charge in [0.25, 0.3) is 0 Å². The second kappa shape index (κ2) is 19.9. The minimum absolute atomic E-state index is 0.0153. The van der Waals surface area contributed by atoms with E-state index in [9.17, 15) is 52.4 Å². The zero-order chi connectivity index (χ0) is 46.5. The highest BCUT2D eigenvalue weighted by atomic mass is 32.2. The maximum absolute atomic E-state index is 13.6. The van der Waals surface area contributed by atoms with Crippen molar-refractivity contribution in [2.24, 2.45) is 0 Å². The van der Waals surface area contributed by atoms with E-state index in [1.165, 1.54) is 43.4 Å². The molecule has 0 aliphatic carbocycles. The van der Waals surface area contributed by atoms with Crippen LogP contribution in [0.25, 0.3) is 30.3 Å². The van der Waals surface area contributed by atoms with Crippen molar-refractivity contribution < 1.29 is 52.4 Å². The number of carbonyl (C=O) groups is 2. The van der Waals surface area contributed by atoms with Crippen molar-refractivity contribution in [3.63, 3.8) is 0 Å². The molecule has 0 fully saturated rings. The Bertz CT molecular complexity index is 3110. The van der Waals surface area contributed by atoms with Crippen LogP contribution in [0.5, 0.6) is 0 Å². The van der Waals surface area contributed by atoms with E-state index in [2.05, 4.69) is 9.44 Å². The first-order valence-corrected chi connectivity index (χ1v) is 26.3. The molecular formula is C42H41F4N3O8S6. The highest BCUT2D eigenvalue weighted by Crippen LogP contribution is 2.41. The number of ketones is 2. The molecule has 0 aliphatic heterocycles. The molecule has 0 spiro atoms. The lowest BCUT2D eigenvalue weighted by Crippen LogP contribution is -2.32. The number of rotatable bonds is 13. The average Bonchev–Trinajstić information content (AvgIpc) is 3.92. The highest BCUT2D eigenvalue weighted by Gasteiger charge is 2.35. The average molecular weight is 984 g/mol. The first-order chi connectivity index (χ1) is 29.5. The Balaban J connectivity index is 0.000000193. The van der Waals surface area contributed by atoms with Crippen LogP contribution < -0.4 is 13.7 Å². The number of alkyl halides is 3. The largest absolute Gasteiger partial charge is 0.419 e. The Morgan fingerprint density at radius 2 is 1.16 bits per heavy atom. The lowest BCUT2D eigenvalue weighted by molar-refractivity contribution is -0.140. The lowest BCUT2D eigenvalue weighted by atomic mass is 10.1. The van der Waals surface area contributed by atoms with E-state index < -0.39 is 54.2 Å². The van der Waals surface area contributed by atoms with Crippen LogP contribution in [0.4, 0.5) is 32.6 Å². The number of halogens is 4. The van der Waals surface area contributed by atoms with Gasteiger partial charge in [0.05, 0.1) is 40.5 Å². The molecule has 336 valence electrons. The van der Waals surface area contributed by atoms with Crippen LogP contribution in [0.2, 0.25) is 0 Å². The summed E-state index contributed by atoms with van der Waals surface area (Å²) >= 11 is 3.80. The van der Waals surface area contributed by atoms with E-state index >= 15 is 0 Å². The third-order valence-electron chi connectivity index (χ3n) is 9.16. The Hall–Kier alpha value is -4.93. The monoisotopic (exact) mass is 983 g/mol. The molecule has 4 aromatic carbocycles. The SMILES string of the molecule is CCS(=O)(=O)N(Cc1ccc(F)c(C(F)(F)F)c1)c1sc2ccccc2c1C(C)=O.CCS(=O)(=O)Nc1cc2ccccc2s1.CCS(=O)(=O)Nc1sc2ccccc2c1C(C)=O. The predicted octanol–water partition coefficient (Wildman–Crippen LogP) is 11.1. The molecule has 3 heterocycles. The molecule has 0 aliphatic rings. The number of thiophene rings is 3. The van der Waals surface area contributed by atoms with Crippen LogP contribution in [0.1, 0.15) is 66.5 Å². The number of Topliss-reactive ketones (excluding diaryl/α,β-unsaturated/α-hetero) is 2. The summed E-state index contributed by atoms with van der Waals surface area (Å²) in [5.41, 5.74) is -0.886. The van der Waals surface area contributed by atoms with Crippen LogP contribution in [0.15, 0.2) is 97.1 Å². The molecule has 0 radical (unpaired) electrons. The number of sulfonamides is 3. The molecule has 0 saturated heterocycles. The zero-order valence-electron chi connectivity index (χ0n) is 34.2. The number of carbonyl (C=O) groups excluding carboxylic acids is 2. The van der Waals surface area contributed by atoms with Gasteiger partial charge < -0.3 is 0 Å². The first-order valence-electron chi connectivity index (χ1n) is 18.9. The molecule has 0 saturated carbocycles. The quantitative estimate of drug-likeness (QED) is 0.0852. The van der Waals surface area contributed by atoms with Crippen molar-refractivity contribution in [1.82, 2.24) is 0 Å². The van der Waals surface area contributed by atoms with Gasteiger partial charge in [0.2, 0.25) is 30.1 Å². The van der Waals surface area contributed by atoms with Crippen molar-refractivity contribution in [3.8, 4) is 0 Å². The van der Waals surface area contributed by atoms with Gasteiger partial charge in [-0.05, 0) is 82.0 Å². The fourth-order valence-corrected chi connectivity index (χ4v) is 12.6. The van der Waals surface area contributed by atoms with Gasteiger partial charge in [-0.3, -0.25) is 23.3 Å². The molecule has 0 unspecified atom stereocenters. The van der Waals surface area contributed by atoms with Crippen molar-refractivity contribution in [2.45, 2.75) is 47.3 Å². The molecule has 7 aromatic rings. The lowest BCUT2D eigenvalue weighted by Gasteiger charge is -2.24. The predicted molar refractivity (Wildman–Crippen MR) is 249 cm³/mol. The van der Waals surface area contributed by atoms with Gasteiger partial charge in [0.1, 0.15) is 20.8 Å². The molecule has 11 nitrogen and oxygen atoms in total. The summed E-state index contributed by atoms with van der Waals surface area (Å²) < 4.78 is 133. The van der Waals surface area contributed by atoms with Crippen LogP contribution in [0, 0.1) is 5.82 Å². The van der Waals surface area contributed by atoms with Gasteiger partial charge >= 0.3 is 6.18 Å². The second-order valence-corrected chi connectivity index (χ2v) is 22.9. The van der Waals surface area contributed by atoms with Gasteiger partial charge in [-0.1, -0.05) is 60.7 Å². The summed E-state index contributed by atoms with van der Waals surface area (Å²) in [6.45, 7) is 6.85. The van der Waals surface area contributed by atoms with Crippen molar-refractivity contribution >= 4 is 121 Å². The topological polar surface area (TPSA) is 164 Å². The summed E-state index contributed by atoms with van der Waals surface area (Å²) in [5, 5.41) is 3.64. The minimum Gasteiger partial charge on any atom is -0.294 e. The second-order valence-electron chi connectivity index (χ2n) is 13.6. The number of nitrogens with zero attached hydrogens (tertiary/aromatic N) is 1. The minimum atomic E-state index is -4.92. The standard InChI is InChI=1S/C20H17F4NO3S2.C12H13NO3S2.C10H11NO2S2/c1-3-30(27,28)25(11-13-8-9-16(21)15(10-13)20(22,23)24)19-18(12(2)26)14-6-4-5-7-17(14)29-19;1-3-18(15,16)13-12-11(8(2)14)9-6-4-5-7-10(9)17-12;1-2-15(12,13)11-10-7-8-5-3-4-6-9(8)14-10/h4-10H,3,11H2,1-2H3;4-7,13H,3H2,1-2H3;3-7,11H,2H2,1H3. The van der Waals surface area contributed by atoms with Gasteiger partial charge in [-0.15, -0.1) is 34.0 Å². The van der Waals surface area contributed by atoms with Gasteiger partial charge in [-0.2, -0.15) is 13.2 Å². The maximum atomic E-state index is 13.6. The van der Waals surface area contributed by atoms with Crippen LogP contribution >= 0.6 is 34.0 Å². The van der Waals surface area contributed by atoms with E-state index in [1.54, 1.807) is 38.1 Å². The Kier molecular flexibility index (Phi) is 15.5. The van der Waals surface area contributed by atoms with E-state index in [4.69, 9.17) is 0 Å². The molecule has 7 rings (SSSR count). The number of anilines is 3. The van der Waals surface area contributed by atoms with E-state index in [0.717, 1.165) is 41.9 Å². The number of fused-ring (bicyclic) bond motifs is 3. The molecule has 0 atom stereocenters. The summed E-state index contributed by atoms with van der Waals surface area (Å²) in [6, 6.07) is 26.3. The number of benzene rings is 4. The van der Waals surface area contributed by atoms with Crippen molar-refractivity contribution in [3.05, 3.63) is 125 Å². The smallest absolute Gasteiger partial charge is 0.294 e. The van der Waals surface area contributed by atoms with Crippen LogP contribution in [-0.4, -0.2) is 54.1 Å². The number of hydrogen-bond acceptors (Lipinski definition) is 11. The number of nitrogens with one attached hydrogen (secondary N) is 2. The van der Waals surface area contributed by atoms with E-state index in [1.807, 2.05) is 54.6 Å². The summed E-state index contributed by atoms with van der Waals surface area (Å²) in [6.07, 6.45) is -4.92. The maximum Gasteiger partial charge on any atom is 0.419 e. The Morgan fingerprint density at radius 3 is 1.70 bits per heavy atom. The van der Waals surface area contributed by atoms with E-state index in [0.29, 0.717) is 37.8 Å². The van der Waals surface area contributed by atoms with Gasteiger partial charge in [0.15, 0.2) is 11.6 Å². The molecule has 2 N–H and O–H groups in total. The normalized spacial score (nSPS) is 12.0. The molecule has 0 bridgehead atoms. The van der Waals surface area contributed by atoms with Crippen LogP contribution in [0.3, 0.4) is 0 Å². The van der Waals surface area contributed by atoms with Gasteiger partial charge in [-0.25, -0.2) is 29.6 Å². The summed E-state index contributed by atoms with van der Waals surface area (Å²) in [4.78, 5) is 24.0. The van der Waals surface area contributed by atoms with Gasteiger partial charge in [0, 0.05) is 24.9 Å². The third kappa shape index (κ3) is 12.0. The molecule has 0 amide bonds. The molecule has 3 aromatic heterocycles. The Labute approximate surface area is 374 Å². The summed E-state index contributed by atoms with van der Waals surface area (Å²) in [5.74, 6) is -2.19. The highest BCUT2D eigenvalue weighted by molar-refractivity contribution is 7.93. The van der Waals surface area contributed by atoms with Crippen molar-refractivity contribution in [2.75, 3.05) is 31.0 Å². The Morgan fingerprint density at radius 1 is 0.635 bits per heavy atom. The first kappa shape index (κ1) is 49.1. The number of hydrogen-bond donors (Lipinski definition) is 2. The van der Waals surface area contributed by atoms with E-state index in [-0.39, 0.29) is 45.0 Å². The molecule has 21 heteroatoms.